The second-order valence-corrected chi connectivity index (χ2v) is 7.86. The molecule has 8 heteroatoms. The number of nitro groups is 1. The van der Waals surface area contributed by atoms with Crippen LogP contribution in [0.3, 0.4) is 0 Å². The van der Waals surface area contributed by atoms with E-state index < -0.39 is 22.6 Å². The lowest BCUT2D eigenvalue weighted by Crippen LogP contribution is -2.47. The lowest BCUT2D eigenvalue weighted by Gasteiger charge is -2.38. The smallest absolute Gasteiger partial charge is 0.348 e. The Bertz CT molecular complexity index is 844. The van der Waals surface area contributed by atoms with Crippen LogP contribution in [0, 0.1) is 10.1 Å². The molecule has 2 heterocycles. The van der Waals surface area contributed by atoms with E-state index in [4.69, 9.17) is 9.47 Å². The number of benzene rings is 1. The van der Waals surface area contributed by atoms with Crippen LogP contribution in [-0.2, 0) is 19.1 Å². The SMILES string of the molecule is O=C1OC2(CCCCC2)OC(=O)C1=Cc1cc([N+](=O)[O-])ccc1N1CCCCC1. The first-order valence-corrected chi connectivity index (χ1v) is 10.2. The van der Waals surface area contributed by atoms with Gasteiger partial charge >= 0.3 is 11.9 Å². The summed E-state index contributed by atoms with van der Waals surface area (Å²) >= 11 is 0. The molecule has 1 saturated carbocycles. The van der Waals surface area contributed by atoms with Gasteiger partial charge in [0.1, 0.15) is 5.57 Å². The van der Waals surface area contributed by atoms with Crippen LogP contribution in [0.25, 0.3) is 6.08 Å². The highest BCUT2D eigenvalue weighted by Crippen LogP contribution is 2.38. The number of piperidine rings is 1. The van der Waals surface area contributed by atoms with Gasteiger partial charge < -0.3 is 14.4 Å². The van der Waals surface area contributed by atoms with E-state index in [1.165, 1.54) is 18.2 Å². The van der Waals surface area contributed by atoms with E-state index in [0.717, 1.165) is 57.3 Å². The van der Waals surface area contributed by atoms with Crippen LogP contribution in [0.15, 0.2) is 23.8 Å². The van der Waals surface area contributed by atoms with Crippen LogP contribution in [0.4, 0.5) is 11.4 Å². The zero-order chi connectivity index (χ0) is 20.4. The van der Waals surface area contributed by atoms with Gasteiger partial charge in [-0.3, -0.25) is 10.1 Å². The highest BCUT2D eigenvalue weighted by atomic mass is 16.7. The number of ether oxygens (including phenoxy) is 2. The molecule has 0 amide bonds. The fraction of sp³-hybridized carbons (Fsp3) is 0.524. The number of anilines is 1. The maximum absolute atomic E-state index is 12.7. The molecular formula is C21H24N2O6. The lowest BCUT2D eigenvalue weighted by atomic mass is 9.93. The molecule has 1 aromatic rings. The Morgan fingerprint density at radius 2 is 1.59 bits per heavy atom. The molecule has 0 unspecified atom stereocenters. The van der Waals surface area contributed by atoms with Gasteiger partial charge in [0.05, 0.1) is 4.92 Å². The van der Waals surface area contributed by atoms with Crippen LogP contribution >= 0.6 is 0 Å². The Kier molecular flexibility index (Phi) is 5.25. The number of non-ortho nitro benzene ring substituents is 1. The largest absolute Gasteiger partial charge is 0.419 e. The lowest BCUT2D eigenvalue weighted by molar-refractivity contribution is -0.384. The maximum atomic E-state index is 12.7. The predicted molar refractivity (Wildman–Crippen MR) is 105 cm³/mol. The summed E-state index contributed by atoms with van der Waals surface area (Å²) < 4.78 is 11.1. The van der Waals surface area contributed by atoms with Crippen LogP contribution < -0.4 is 4.90 Å². The normalized spacial score (nSPS) is 21.5. The van der Waals surface area contributed by atoms with Gasteiger partial charge in [0.25, 0.3) is 11.5 Å². The Hall–Kier alpha value is -2.90. The summed E-state index contributed by atoms with van der Waals surface area (Å²) in [4.78, 5) is 38.2. The van der Waals surface area contributed by atoms with Crippen molar-refractivity contribution in [1.29, 1.82) is 0 Å². The topological polar surface area (TPSA) is 99.0 Å². The zero-order valence-electron chi connectivity index (χ0n) is 16.2. The summed E-state index contributed by atoms with van der Waals surface area (Å²) in [7, 11) is 0. The molecule has 1 aromatic carbocycles. The molecule has 29 heavy (non-hydrogen) atoms. The molecule has 3 aliphatic rings. The molecular weight excluding hydrogens is 376 g/mol. The maximum Gasteiger partial charge on any atom is 0.348 e. The molecule has 0 N–H and O–H groups in total. The molecule has 0 radical (unpaired) electrons. The fourth-order valence-corrected chi connectivity index (χ4v) is 4.31. The van der Waals surface area contributed by atoms with Crippen molar-refractivity contribution in [2.75, 3.05) is 18.0 Å². The van der Waals surface area contributed by atoms with Crippen LogP contribution in [0.1, 0.15) is 56.9 Å². The molecule has 3 fully saturated rings. The summed E-state index contributed by atoms with van der Waals surface area (Å²) in [5, 5.41) is 11.3. The van der Waals surface area contributed by atoms with Gasteiger partial charge in [-0.1, -0.05) is 6.42 Å². The Balaban J connectivity index is 1.68. The third-order valence-corrected chi connectivity index (χ3v) is 5.83. The first-order chi connectivity index (χ1) is 14.0. The summed E-state index contributed by atoms with van der Waals surface area (Å²) in [6.07, 6.45) is 8.28. The van der Waals surface area contributed by atoms with Crippen molar-refractivity contribution in [2.24, 2.45) is 0 Å². The van der Waals surface area contributed by atoms with Gasteiger partial charge in [-0.25, -0.2) is 9.59 Å². The Morgan fingerprint density at radius 1 is 0.966 bits per heavy atom. The third-order valence-electron chi connectivity index (χ3n) is 5.83. The van der Waals surface area contributed by atoms with Crippen molar-refractivity contribution >= 4 is 29.4 Å². The van der Waals surface area contributed by atoms with Gasteiger partial charge in [-0.15, -0.1) is 0 Å². The minimum atomic E-state index is -1.15. The van der Waals surface area contributed by atoms with E-state index in [1.807, 2.05) is 0 Å². The summed E-state index contributed by atoms with van der Waals surface area (Å²) in [6.45, 7) is 1.65. The average Bonchev–Trinajstić information content (AvgIpc) is 2.72. The van der Waals surface area contributed by atoms with Gasteiger partial charge in [-0.05, 0) is 44.2 Å². The van der Waals surface area contributed by atoms with E-state index in [9.17, 15) is 19.7 Å². The Labute approximate surface area is 168 Å². The highest BCUT2D eigenvalue weighted by molar-refractivity contribution is 6.19. The molecule has 0 aromatic heterocycles. The third kappa shape index (κ3) is 3.97. The number of carbonyl (C=O) groups excluding carboxylic acids is 2. The van der Waals surface area contributed by atoms with Crippen molar-refractivity contribution in [3.63, 3.8) is 0 Å². The molecule has 2 aliphatic heterocycles. The van der Waals surface area contributed by atoms with E-state index in [-0.39, 0.29) is 11.3 Å². The van der Waals surface area contributed by atoms with Gasteiger partial charge in [-0.2, -0.15) is 0 Å². The number of carbonyl (C=O) groups is 2. The van der Waals surface area contributed by atoms with E-state index >= 15 is 0 Å². The summed E-state index contributed by atoms with van der Waals surface area (Å²) in [5.41, 5.74) is 0.893. The van der Waals surface area contributed by atoms with Crippen LogP contribution in [-0.4, -0.2) is 35.7 Å². The number of nitrogens with zero attached hydrogens (tertiary/aromatic N) is 2. The molecule has 1 spiro atoms. The van der Waals surface area contributed by atoms with Crippen LogP contribution in [0.2, 0.25) is 0 Å². The number of hydrogen-bond donors (Lipinski definition) is 0. The van der Waals surface area contributed by atoms with Gasteiger partial charge in [0.15, 0.2) is 0 Å². The second-order valence-electron chi connectivity index (χ2n) is 7.86. The predicted octanol–water partition coefficient (Wildman–Crippen LogP) is 3.73. The molecule has 0 bridgehead atoms. The standard InChI is InChI=1S/C21H24N2O6/c24-19-17(20(25)29-21(28-19)9-3-1-4-10-21)14-15-13-16(23(26)27)7-8-18(15)22-11-5-2-6-12-22/h7-8,13-14H,1-6,9-12H2. The number of hydrogen-bond acceptors (Lipinski definition) is 7. The summed E-state index contributed by atoms with van der Waals surface area (Å²) in [5.74, 6) is -2.60. The van der Waals surface area contributed by atoms with Gasteiger partial charge in [0.2, 0.25) is 0 Å². The molecule has 154 valence electrons. The molecule has 4 rings (SSSR count). The highest BCUT2D eigenvalue weighted by Gasteiger charge is 2.46. The van der Waals surface area contributed by atoms with E-state index in [0.29, 0.717) is 18.4 Å². The monoisotopic (exact) mass is 400 g/mol. The van der Waals surface area contributed by atoms with Crippen molar-refractivity contribution in [3.8, 4) is 0 Å². The molecule has 2 saturated heterocycles. The first-order valence-electron chi connectivity index (χ1n) is 10.2. The number of rotatable bonds is 3. The Morgan fingerprint density at radius 3 is 2.21 bits per heavy atom. The van der Waals surface area contributed by atoms with E-state index in [1.54, 1.807) is 6.07 Å². The van der Waals surface area contributed by atoms with Gasteiger partial charge in [0, 0.05) is 49.3 Å². The summed E-state index contributed by atoms with van der Waals surface area (Å²) in [6, 6.07) is 4.51. The number of esters is 2. The first kappa shape index (κ1) is 19.4. The van der Waals surface area contributed by atoms with Crippen molar-refractivity contribution in [2.45, 2.75) is 57.2 Å². The molecule has 8 nitrogen and oxygen atoms in total. The minimum absolute atomic E-state index is 0.0982. The van der Waals surface area contributed by atoms with Crippen molar-refractivity contribution in [3.05, 3.63) is 39.4 Å². The number of nitro benzene ring substituents is 1. The second kappa shape index (κ2) is 7.85. The van der Waals surface area contributed by atoms with Crippen LogP contribution in [0.5, 0.6) is 0 Å². The fourth-order valence-electron chi connectivity index (χ4n) is 4.31. The minimum Gasteiger partial charge on any atom is -0.419 e. The zero-order valence-corrected chi connectivity index (χ0v) is 16.2. The quantitative estimate of drug-likeness (QED) is 0.251. The average molecular weight is 400 g/mol. The molecule has 1 aliphatic carbocycles. The van der Waals surface area contributed by atoms with Crippen molar-refractivity contribution < 1.29 is 24.0 Å². The van der Waals surface area contributed by atoms with E-state index in [2.05, 4.69) is 4.90 Å². The van der Waals surface area contributed by atoms with Crippen molar-refractivity contribution in [1.82, 2.24) is 0 Å². The molecule has 0 atom stereocenters.